The lowest BCUT2D eigenvalue weighted by Gasteiger charge is -2.31. The lowest BCUT2D eigenvalue weighted by molar-refractivity contribution is 0.0959. The van der Waals surface area contributed by atoms with Crippen molar-refractivity contribution in [2.45, 2.75) is 71.3 Å². The Morgan fingerprint density at radius 3 is 1.93 bits per heavy atom. The molecule has 3 nitrogen and oxygen atoms in total. The molecule has 0 aromatic heterocycles. The third-order valence-corrected chi connectivity index (χ3v) is 7.86. The van der Waals surface area contributed by atoms with E-state index in [1.807, 2.05) is 48.5 Å². The molecule has 0 heterocycles. The van der Waals surface area contributed by atoms with Crippen LogP contribution in [-0.4, -0.2) is 19.9 Å². The Morgan fingerprint density at radius 1 is 0.756 bits per heavy atom. The number of Topliss-reactive ketones (excluding diaryl/α,β-unsaturated/α-hetero) is 1. The van der Waals surface area contributed by atoms with Crippen molar-refractivity contribution >= 4 is 11.5 Å². The van der Waals surface area contributed by atoms with E-state index >= 15 is 0 Å². The van der Waals surface area contributed by atoms with Crippen LogP contribution in [0, 0.1) is 0 Å². The van der Waals surface area contributed by atoms with E-state index in [4.69, 9.17) is 4.74 Å². The van der Waals surface area contributed by atoms with Gasteiger partial charge in [-0.05, 0) is 46.1 Å². The predicted molar refractivity (Wildman–Crippen MR) is 173 cm³/mol. The second-order valence-corrected chi connectivity index (χ2v) is 13.1. The fraction of sp³-hybridized carbons (Fsp3) is 0.342. The summed E-state index contributed by atoms with van der Waals surface area (Å²) in [7, 11) is 3.91. The number of para-hydroxylation sites is 1. The summed E-state index contributed by atoms with van der Waals surface area (Å²) in [5.41, 5.74) is 7.70. The van der Waals surface area contributed by atoms with Crippen LogP contribution in [-0.2, 0) is 23.8 Å². The fourth-order valence-electron chi connectivity index (χ4n) is 5.50. The molecule has 0 spiro atoms. The molecular formula is C38H45NO2. The van der Waals surface area contributed by atoms with Gasteiger partial charge in [0, 0.05) is 36.0 Å². The largest absolute Gasteiger partial charge is 0.496 e. The number of anilines is 1. The van der Waals surface area contributed by atoms with Gasteiger partial charge in [-0.2, -0.15) is 0 Å². The molecule has 0 saturated carbocycles. The smallest absolute Gasteiger partial charge is 0.170 e. The molecule has 0 aliphatic heterocycles. The van der Waals surface area contributed by atoms with E-state index in [9.17, 15) is 4.79 Å². The zero-order valence-corrected chi connectivity index (χ0v) is 26.0. The first-order valence-electron chi connectivity index (χ1n) is 14.5. The van der Waals surface area contributed by atoms with Crippen LogP contribution < -0.4 is 9.64 Å². The number of ketones is 1. The van der Waals surface area contributed by atoms with Gasteiger partial charge in [-0.15, -0.1) is 0 Å². The second kappa shape index (κ2) is 12.3. The van der Waals surface area contributed by atoms with Gasteiger partial charge in [-0.3, -0.25) is 4.79 Å². The lowest BCUT2D eigenvalue weighted by atomic mass is 9.78. The summed E-state index contributed by atoms with van der Waals surface area (Å²) in [5.74, 6) is 0.819. The molecule has 214 valence electrons. The van der Waals surface area contributed by atoms with Crippen molar-refractivity contribution < 1.29 is 9.53 Å². The number of carbonyl (C=O) groups is 1. The molecule has 0 aliphatic rings. The van der Waals surface area contributed by atoms with Crippen LogP contribution >= 0.6 is 0 Å². The van der Waals surface area contributed by atoms with Crippen molar-refractivity contribution in [1.29, 1.82) is 0 Å². The maximum absolute atomic E-state index is 13.8. The summed E-state index contributed by atoms with van der Waals surface area (Å²) in [5, 5.41) is 0. The third-order valence-electron chi connectivity index (χ3n) is 7.86. The maximum Gasteiger partial charge on any atom is 0.170 e. The quantitative estimate of drug-likeness (QED) is 0.196. The van der Waals surface area contributed by atoms with Gasteiger partial charge in [-0.1, -0.05) is 126 Å². The highest BCUT2D eigenvalue weighted by Gasteiger charge is 2.27. The van der Waals surface area contributed by atoms with Crippen LogP contribution in [0.3, 0.4) is 0 Å². The van der Waals surface area contributed by atoms with Gasteiger partial charge in [0.15, 0.2) is 5.78 Å². The average molecular weight is 548 g/mol. The van der Waals surface area contributed by atoms with E-state index in [-0.39, 0.29) is 22.5 Å². The molecule has 0 bridgehead atoms. The van der Waals surface area contributed by atoms with Crippen LogP contribution in [0.25, 0.3) is 0 Å². The minimum absolute atomic E-state index is 0.0121. The molecule has 0 fully saturated rings. The normalized spacial score (nSPS) is 12.6. The summed E-state index contributed by atoms with van der Waals surface area (Å²) in [6, 6.07) is 32.9. The predicted octanol–water partition coefficient (Wildman–Crippen LogP) is 9.14. The van der Waals surface area contributed by atoms with Gasteiger partial charge < -0.3 is 9.64 Å². The Balaban J connectivity index is 1.73. The van der Waals surface area contributed by atoms with Crippen LogP contribution in [0.2, 0.25) is 0 Å². The summed E-state index contributed by atoms with van der Waals surface area (Å²) in [6.07, 6.45) is 0.616. The lowest BCUT2D eigenvalue weighted by Crippen LogP contribution is -2.23. The van der Waals surface area contributed by atoms with Crippen molar-refractivity contribution in [1.82, 2.24) is 0 Å². The molecular weight excluding hydrogens is 502 g/mol. The number of carbonyl (C=O) groups excluding carboxylic acids is 1. The number of rotatable bonds is 9. The molecule has 4 rings (SSSR count). The Labute approximate surface area is 247 Å². The zero-order valence-electron chi connectivity index (χ0n) is 26.0. The van der Waals surface area contributed by atoms with E-state index in [2.05, 4.69) is 102 Å². The third kappa shape index (κ3) is 7.08. The highest BCUT2D eigenvalue weighted by molar-refractivity contribution is 6.01. The molecule has 4 aromatic carbocycles. The fourth-order valence-corrected chi connectivity index (χ4v) is 5.50. The first-order chi connectivity index (χ1) is 19.4. The Hall–Kier alpha value is -3.85. The van der Waals surface area contributed by atoms with E-state index < -0.39 is 0 Å². The molecule has 1 atom stereocenters. The number of nitrogens with zero attached hydrogens (tertiary/aromatic N) is 1. The number of hydrogen-bond acceptors (Lipinski definition) is 3. The number of benzene rings is 4. The van der Waals surface area contributed by atoms with Crippen molar-refractivity contribution in [2.75, 3.05) is 19.1 Å². The van der Waals surface area contributed by atoms with Gasteiger partial charge in [0.05, 0.1) is 13.0 Å². The van der Waals surface area contributed by atoms with Crippen LogP contribution in [0.5, 0.6) is 5.75 Å². The molecule has 0 aliphatic carbocycles. The minimum atomic E-state index is -0.278. The zero-order chi connectivity index (χ0) is 29.8. The number of ether oxygens (including phenoxy) is 1. The number of methoxy groups -OCH3 is 1. The van der Waals surface area contributed by atoms with Gasteiger partial charge in [0.2, 0.25) is 0 Å². The van der Waals surface area contributed by atoms with Gasteiger partial charge in [0.25, 0.3) is 0 Å². The van der Waals surface area contributed by atoms with Gasteiger partial charge in [0.1, 0.15) is 5.75 Å². The summed E-state index contributed by atoms with van der Waals surface area (Å²) in [4.78, 5) is 16.1. The summed E-state index contributed by atoms with van der Waals surface area (Å²) >= 11 is 0. The van der Waals surface area contributed by atoms with Crippen molar-refractivity contribution in [3.63, 3.8) is 0 Å². The molecule has 3 heteroatoms. The van der Waals surface area contributed by atoms with Crippen molar-refractivity contribution in [2.24, 2.45) is 0 Å². The molecule has 0 amide bonds. The first kappa shape index (κ1) is 30.1. The molecule has 0 saturated heterocycles. The monoisotopic (exact) mass is 547 g/mol. The maximum atomic E-state index is 13.8. The van der Waals surface area contributed by atoms with Crippen LogP contribution in [0.15, 0.2) is 97.1 Å². The summed E-state index contributed by atoms with van der Waals surface area (Å²) < 4.78 is 6.07. The number of hydrogen-bond donors (Lipinski definition) is 0. The first-order valence-corrected chi connectivity index (χ1v) is 14.5. The highest BCUT2D eigenvalue weighted by Crippen LogP contribution is 2.39. The van der Waals surface area contributed by atoms with Gasteiger partial charge in [-0.25, -0.2) is 0 Å². The topological polar surface area (TPSA) is 29.5 Å². The van der Waals surface area contributed by atoms with Crippen molar-refractivity contribution in [3.05, 3.63) is 130 Å². The van der Waals surface area contributed by atoms with Crippen LogP contribution in [0.4, 0.5) is 5.69 Å². The van der Waals surface area contributed by atoms with E-state index in [0.29, 0.717) is 13.0 Å². The van der Waals surface area contributed by atoms with E-state index in [1.165, 1.54) is 16.7 Å². The van der Waals surface area contributed by atoms with E-state index in [0.717, 1.165) is 28.1 Å². The highest BCUT2D eigenvalue weighted by atomic mass is 16.5. The standard InChI is InChI=1S/C38H45NO2/c1-37(2,3)31-23-30(36(41-8)33(25-31)38(4,5)6)26-39(7)34-22-16-15-21-29(34)24-32(27-17-11-9-12-18-27)35(40)28-19-13-10-14-20-28/h9-23,25,32H,24,26H2,1-8H3. The average Bonchev–Trinajstić information content (AvgIpc) is 2.95. The molecule has 1 unspecified atom stereocenters. The molecule has 41 heavy (non-hydrogen) atoms. The second-order valence-electron chi connectivity index (χ2n) is 13.1. The molecule has 0 N–H and O–H groups in total. The molecule has 4 aromatic rings. The minimum Gasteiger partial charge on any atom is -0.496 e. The SMILES string of the molecule is COc1c(CN(C)c2ccccc2CC(C(=O)c2ccccc2)c2ccccc2)cc(C(C)(C)C)cc1C(C)(C)C. The van der Waals surface area contributed by atoms with E-state index in [1.54, 1.807) is 7.11 Å². The molecule has 0 radical (unpaired) electrons. The Bertz CT molecular complexity index is 1460. The van der Waals surface area contributed by atoms with Crippen LogP contribution in [0.1, 0.15) is 85.6 Å². The Morgan fingerprint density at radius 2 is 1.34 bits per heavy atom. The van der Waals surface area contributed by atoms with Gasteiger partial charge >= 0.3 is 0 Å². The summed E-state index contributed by atoms with van der Waals surface area (Å²) in [6.45, 7) is 14.2. The van der Waals surface area contributed by atoms with Crippen molar-refractivity contribution in [3.8, 4) is 5.75 Å². The Kier molecular flexibility index (Phi) is 9.07.